The van der Waals surface area contributed by atoms with Gasteiger partial charge in [0.2, 0.25) is 5.75 Å². The van der Waals surface area contributed by atoms with Gasteiger partial charge in [-0.05, 0) is 42.5 Å². The first-order chi connectivity index (χ1) is 15.9. The summed E-state index contributed by atoms with van der Waals surface area (Å²) < 4.78 is 0. The number of non-ortho nitro benzene ring substituents is 1. The highest BCUT2D eigenvalue weighted by Crippen LogP contribution is 2.32. The van der Waals surface area contributed by atoms with Gasteiger partial charge < -0.3 is 4.84 Å². The van der Waals surface area contributed by atoms with Gasteiger partial charge in [0.1, 0.15) is 0 Å². The largest absolute Gasteiger partial charge is 0.369 e. The van der Waals surface area contributed by atoms with Crippen molar-refractivity contribution < 1.29 is 19.5 Å². The maximum absolute atomic E-state index is 13.1. The third-order valence-electron chi connectivity index (χ3n) is 5.17. The second-order valence-corrected chi connectivity index (χ2v) is 7.48. The molecule has 0 bridgehead atoms. The average Bonchev–Trinajstić information content (AvgIpc) is 2.83. The molecule has 9 heteroatoms. The van der Waals surface area contributed by atoms with E-state index in [2.05, 4.69) is 6.92 Å². The van der Waals surface area contributed by atoms with Crippen molar-refractivity contribution in [2.75, 3.05) is 6.54 Å². The molecule has 0 spiro atoms. The van der Waals surface area contributed by atoms with Crippen LogP contribution < -0.4 is 4.84 Å². The lowest BCUT2D eigenvalue weighted by Crippen LogP contribution is -2.35. The van der Waals surface area contributed by atoms with Crippen molar-refractivity contribution >= 4 is 17.3 Å². The lowest BCUT2D eigenvalue weighted by atomic mass is 9.96. The van der Waals surface area contributed by atoms with Gasteiger partial charge in [-0.25, -0.2) is 0 Å². The number of benzene rings is 3. The average molecular weight is 449 g/mol. The molecule has 1 unspecified atom stereocenters. The Balaban J connectivity index is 1.81. The lowest BCUT2D eigenvalue weighted by Gasteiger charge is -2.23. The first-order valence-corrected chi connectivity index (χ1v) is 10.4. The summed E-state index contributed by atoms with van der Waals surface area (Å²) in [5, 5.41) is 23.6. The Morgan fingerprint density at radius 2 is 1.58 bits per heavy atom. The number of carbonyl (C=O) groups excluding carboxylic acids is 1. The molecular weight excluding hydrogens is 426 g/mol. The number of amides is 1. The van der Waals surface area contributed by atoms with E-state index in [-0.39, 0.29) is 18.2 Å². The molecule has 0 aromatic heterocycles. The van der Waals surface area contributed by atoms with Crippen molar-refractivity contribution in [3.63, 3.8) is 0 Å². The molecule has 3 aromatic rings. The van der Waals surface area contributed by atoms with Gasteiger partial charge in [-0.3, -0.25) is 25.0 Å². The molecule has 0 aliphatic rings. The van der Waals surface area contributed by atoms with Crippen LogP contribution in [0.1, 0.15) is 41.6 Å². The Bertz CT molecular complexity index is 1120. The summed E-state index contributed by atoms with van der Waals surface area (Å²) in [4.78, 5) is 39.7. The smallest absolute Gasteiger partial charge is 0.321 e. The minimum atomic E-state index is -0.773. The summed E-state index contributed by atoms with van der Waals surface area (Å²) in [7, 11) is 0. The van der Waals surface area contributed by atoms with Crippen LogP contribution in [0.4, 0.5) is 11.4 Å². The Kier molecular flexibility index (Phi) is 7.69. The van der Waals surface area contributed by atoms with Crippen molar-refractivity contribution in [3.05, 3.63) is 110 Å². The fraction of sp³-hybridized carbons (Fsp3) is 0.208. The molecule has 0 saturated heterocycles. The van der Waals surface area contributed by atoms with Gasteiger partial charge in [-0.15, -0.1) is 0 Å². The maximum Gasteiger partial charge on any atom is 0.321 e. The van der Waals surface area contributed by atoms with Crippen LogP contribution >= 0.6 is 0 Å². The maximum atomic E-state index is 13.1. The zero-order chi connectivity index (χ0) is 23.8. The quantitative estimate of drug-likeness (QED) is 0.297. The fourth-order valence-corrected chi connectivity index (χ4v) is 3.36. The Morgan fingerprint density at radius 1 is 0.939 bits per heavy atom. The Labute approximate surface area is 190 Å². The molecular formula is C24H23N3O6. The molecule has 0 radical (unpaired) electrons. The zero-order valence-corrected chi connectivity index (χ0v) is 18.0. The van der Waals surface area contributed by atoms with Crippen molar-refractivity contribution in [1.29, 1.82) is 0 Å². The van der Waals surface area contributed by atoms with E-state index in [1.807, 2.05) is 30.3 Å². The van der Waals surface area contributed by atoms with E-state index in [4.69, 9.17) is 4.84 Å². The summed E-state index contributed by atoms with van der Waals surface area (Å²) >= 11 is 0. The highest BCUT2D eigenvalue weighted by molar-refractivity contribution is 5.93. The monoisotopic (exact) mass is 449 g/mol. The van der Waals surface area contributed by atoms with Gasteiger partial charge in [0.05, 0.1) is 22.5 Å². The van der Waals surface area contributed by atoms with Crippen LogP contribution in [0.3, 0.4) is 0 Å². The van der Waals surface area contributed by atoms with E-state index < -0.39 is 27.1 Å². The van der Waals surface area contributed by atoms with Gasteiger partial charge in [0.15, 0.2) is 0 Å². The molecule has 0 aliphatic heterocycles. The number of hydrogen-bond acceptors (Lipinski definition) is 6. The van der Waals surface area contributed by atoms with E-state index in [1.165, 1.54) is 5.56 Å². The number of nitro benzene ring substituents is 2. The predicted octanol–water partition coefficient (Wildman–Crippen LogP) is 5.52. The summed E-state index contributed by atoms with van der Waals surface area (Å²) in [6.07, 6.45) is 1.34. The zero-order valence-electron chi connectivity index (χ0n) is 18.0. The first kappa shape index (κ1) is 23.4. The summed E-state index contributed by atoms with van der Waals surface area (Å²) in [6.45, 7) is 2.26. The van der Waals surface area contributed by atoms with Crippen molar-refractivity contribution in [1.82, 2.24) is 5.06 Å². The van der Waals surface area contributed by atoms with E-state index in [9.17, 15) is 25.0 Å². The molecule has 1 amide bonds. The van der Waals surface area contributed by atoms with Crippen LogP contribution in [-0.4, -0.2) is 27.4 Å². The van der Waals surface area contributed by atoms with Gasteiger partial charge in [0, 0.05) is 11.6 Å². The lowest BCUT2D eigenvalue weighted by molar-refractivity contribution is -0.395. The molecule has 0 fully saturated rings. The molecule has 1 atom stereocenters. The minimum Gasteiger partial charge on any atom is -0.369 e. The van der Waals surface area contributed by atoms with Crippen molar-refractivity contribution in [2.24, 2.45) is 0 Å². The molecule has 0 saturated carbocycles. The first-order valence-electron chi connectivity index (χ1n) is 10.4. The normalized spacial score (nSPS) is 11.4. The molecule has 0 N–H and O–H groups in total. The SMILES string of the molecule is CC(CCCN(Oc1ccc([N+](=O)[O-])cc1[N+](=O)[O-])C(=O)c1ccccc1)c1ccccc1. The van der Waals surface area contributed by atoms with Crippen LogP contribution in [0.5, 0.6) is 5.75 Å². The van der Waals surface area contributed by atoms with Gasteiger partial charge >= 0.3 is 5.69 Å². The molecule has 33 heavy (non-hydrogen) atoms. The van der Waals surface area contributed by atoms with E-state index in [0.717, 1.165) is 29.7 Å². The molecule has 3 rings (SSSR count). The minimum absolute atomic E-state index is 0.180. The number of hydrogen-bond donors (Lipinski definition) is 0. The predicted molar refractivity (Wildman–Crippen MR) is 122 cm³/mol. The summed E-state index contributed by atoms with van der Waals surface area (Å²) in [6, 6.07) is 21.4. The Morgan fingerprint density at radius 3 is 2.18 bits per heavy atom. The van der Waals surface area contributed by atoms with E-state index in [0.29, 0.717) is 12.0 Å². The van der Waals surface area contributed by atoms with Crippen LogP contribution in [0.25, 0.3) is 0 Å². The van der Waals surface area contributed by atoms with Crippen LogP contribution in [0.15, 0.2) is 78.9 Å². The highest BCUT2D eigenvalue weighted by atomic mass is 16.7. The molecule has 3 aromatic carbocycles. The van der Waals surface area contributed by atoms with Crippen LogP contribution in [0, 0.1) is 20.2 Å². The molecule has 0 heterocycles. The molecule has 0 aliphatic carbocycles. The number of rotatable bonds is 10. The van der Waals surface area contributed by atoms with Gasteiger partial charge in [-0.1, -0.05) is 55.5 Å². The van der Waals surface area contributed by atoms with Crippen molar-refractivity contribution in [3.8, 4) is 5.75 Å². The second kappa shape index (κ2) is 10.9. The number of carbonyl (C=O) groups is 1. The standard InChI is InChI=1S/C24H23N3O6/c1-18(19-10-4-2-5-11-19)9-8-16-25(24(28)20-12-6-3-7-13-20)33-23-15-14-21(26(29)30)17-22(23)27(31)32/h2-7,10-15,17-18H,8-9,16H2,1H3. The summed E-state index contributed by atoms with van der Waals surface area (Å²) in [5.41, 5.74) is 0.503. The third kappa shape index (κ3) is 6.13. The highest BCUT2D eigenvalue weighted by Gasteiger charge is 2.25. The van der Waals surface area contributed by atoms with Crippen molar-refractivity contribution in [2.45, 2.75) is 25.7 Å². The fourth-order valence-electron chi connectivity index (χ4n) is 3.36. The number of hydroxylamine groups is 2. The van der Waals surface area contributed by atoms with Crippen LogP contribution in [0.2, 0.25) is 0 Å². The topological polar surface area (TPSA) is 116 Å². The van der Waals surface area contributed by atoms with Gasteiger partial charge in [-0.2, -0.15) is 5.06 Å². The number of nitro groups is 2. The Hall–Kier alpha value is -4.27. The third-order valence-corrected chi connectivity index (χ3v) is 5.17. The molecule has 9 nitrogen and oxygen atoms in total. The van der Waals surface area contributed by atoms with Gasteiger partial charge in [0.25, 0.3) is 11.6 Å². The summed E-state index contributed by atoms with van der Waals surface area (Å²) in [5.74, 6) is -0.463. The van der Waals surface area contributed by atoms with E-state index >= 15 is 0 Å². The number of nitrogens with zero attached hydrogens (tertiary/aromatic N) is 3. The molecule has 170 valence electrons. The van der Waals surface area contributed by atoms with Crippen LogP contribution in [-0.2, 0) is 0 Å². The van der Waals surface area contributed by atoms with E-state index in [1.54, 1.807) is 30.3 Å². The second-order valence-electron chi connectivity index (χ2n) is 7.48.